The largest absolute Gasteiger partial charge is 0.347 e. The molecule has 1 aromatic rings. The van der Waals surface area contributed by atoms with Gasteiger partial charge in [-0.25, -0.2) is 0 Å². The Balaban J connectivity index is 1.49. The molecule has 4 heteroatoms. The van der Waals surface area contributed by atoms with Crippen LogP contribution in [0.25, 0.3) is 0 Å². The topological polar surface area (TPSA) is 45.2 Å². The Bertz CT molecular complexity index is 507. The van der Waals surface area contributed by atoms with Crippen molar-refractivity contribution in [1.29, 1.82) is 0 Å². The van der Waals surface area contributed by atoms with Crippen LogP contribution in [0, 0.1) is 12.8 Å². The van der Waals surface area contributed by atoms with Crippen LogP contribution in [-0.4, -0.2) is 35.4 Å². The highest BCUT2D eigenvalue weighted by Gasteiger charge is 2.34. The molecule has 1 N–H and O–H groups in total. The summed E-state index contributed by atoms with van der Waals surface area (Å²) < 4.78 is 0. The standard InChI is InChI=1S/C18H27N3O/c1-14-6-4-7-16(19-14)18(15-9-10-15)20-17(22)8-5-13-21-11-2-3-12-21/h4,6-7,15,18H,2-3,5,8-13H2,1H3,(H,20,22). The van der Waals surface area contributed by atoms with Crippen LogP contribution in [-0.2, 0) is 4.79 Å². The van der Waals surface area contributed by atoms with Gasteiger partial charge >= 0.3 is 0 Å². The zero-order valence-electron chi connectivity index (χ0n) is 13.6. The molecule has 1 aliphatic carbocycles. The SMILES string of the molecule is Cc1cccc(C(NC(=O)CCCN2CCCC2)C2CC2)n1. The number of nitrogens with one attached hydrogen (secondary N) is 1. The highest BCUT2D eigenvalue weighted by Crippen LogP contribution is 2.40. The first-order valence-electron chi connectivity index (χ1n) is 8.67. The van der Waals surface area contributed by atoms with Crippen LogP contribution >= 0.6 is 0 Å². The molecule has 1 aromatic heterocycles. The molecule has 120 valence electrons. The molecule has 3 rings (SSSR count). The van der Waals surface area contributed by atoms with E-state index in [2.05, 4.69) is 15.2 Å². The lowest BCUT2D eigenvalue weighted by Crippen LogP contribution is -2.31. The second-order valence-electron chi connectivity index (χ2n) is 6.74. The van der Waals surface area contributed by atoms with Crippen LogP contribution in [0.4, 0.5) is 0 Å². The van der Waals surface area contributed by atoms with Crippen molar-refractivity contribution < 1.29 is 4.79 Å². The second-order valence-corrected chi connectivity index (χ2v) is 6.74. The lowest BCUT2D eigenvalue weighted by molar-refractivity contribution is -0.122. The number of aryl methyl sites for hydroxylation is 1. The molecule has 1 unspecified atom stereocenters. The average Bonchev–Trinajstić information content (AvgIpc) is 3.21. The van der Waals surface area contributed by atoms with Crippen molar-refractivity contribution in [2.75, 3.05) is 19.6 Å². The molecule has 2 aliphatic rings. The molecule has 1 saturated carbocycles. The van der Waals surface area contributed by atoms with Gasteiger partial charge in [-0.05, 0) is 76.7 Å². The minimum Gasteiger partial charge on any atom is -0.347 e. The molecule has 0 radical (unpaired) electrons. The number of aromatic nitrogens is 1. The highest BCUT2D eigenvalue weighted by atomic mass is 16.1. The van der Waals surface area contributed by atoms with Crippen LogP contribution < -0.4 is 5.32 Å². The van der Waals surface area contributed by atoms with Crippen molar-refractivity contribution in [3.05, 3.63) is 29.6 Å². The van der Waals surface area contributed by atoms with Crippen LogP contribution in [0.3, 0.4) is 0 Å². The van der Waals surface area contributed by atoms with E-state index in [9.17, 15) is 4.79 Å². The number of amides is 1. The van der Waals surface area contributed by atoms with Gasteiger partial charge in [0.25, 0.3) is 0 Å². The number of carbonyl (C=O) groups excluding carboxylic acids is 1. The third-order valence-corrected chi connectivity index (χ3v) is 4.72. The van der Waals surface area contributed by atoms with E-state index in [-0.39, 0.29) is 11.9 Å². The van der Waals surface area contributed by atoms with Gasteiger partial charge in [0.1, 0.15) is 0 Å². The van der Waals surface area contributed by atoms with E-state index in [1.54, 1.807) is 0 Å². The summed E-state index contributed by atoms with van der Waals surface area (Å²) in [7, 11) is 0. The molecule has 2 heterocycles. The predicted octanol–water partition coefficient (Wildman–Crippen LogP) is 2.83. The van der Waals surface area contributed by atoms with Crippen molar-refractivity contribution in [2.45, 2.75) is 51.5 Å². The lowest BCUT2D eigenvalue weighted by atomic mass is 10.1. The molecule has 4 nitrogen and oxygen atoms in total. The summed E-state index contributed by atoms with van der Waals surface area (Å²) in [5.74, 6) is 0.760. The normalized spacial score (nSPS) is 20.0. The molecule has 0 bridgehead atoms. The van der Waals surface area contributed by atoms with Crippen molar-refractivity contribution in [3.8, 4) is 0 Å². The summed E-state index contributed by atoms with van der Waals surface area (Å²) in [4.78, 5) is 19.3. The second kappa shape index (κ2) is 7.23. The Kier molecular flexibility index (Phi) is 5.08. The Morgan fingerprint density at radius 3 is 2.82 bits per heavy atom. The first kappa shape index (κ1) is 15.5. The van der Waals surface area contributed by atoms with Crippen molar-refractivity contribution in [1.82, 2.24) is 15.2 Å². The third kappa shape index (κ3) is 4.29. The summed E-state index contributed by atoms with van der Waals surface area (Å²) in [5, 5.41) is 3.23. The highest BCUT2D eigenvalue weighted by molar-refractivity contribution is 5.76. The maximum Gasteiger partial charge on any atom is 0.220 e. The van der Waals surface area contributed by atoms with E-state index in [1.165, 1.54) is 38.8 Å². The Morgan fingerprint density at radius 2 is 2.14 bits per heavy atom. The van der Waals surface area contributed by atoms with Crippen molar-refractivity contribution >= 4 is 5.91 Å². The fourth-order valence-electron chi connectivity index (χ4n) is 3.32. The summed E-state index contributed by atoms with van der Waals surface area (Å²) in [6, 6.07) is 6.19. The fourth-order valence-corrected chi connectivity index (χ4v) is 3.32. The van der Waals surface area contributed by atoms with Gasteiger partial charge < -0.3 is 10.2 Å². The maximum absolute atomic E-state index is 12.3. The first-order valence-corrected chi connectivity index (χ1v) is 8.67. The van der Waals surface area contributed by atoms with Gasteiger partial charge in [0.05, 0.1) is 11.7 Å². The average molecular weight is 301 g/mol. The Hall–Kier alpha value is -1.42. The predicted molar refractivity (Wildman–Crippen MR) is 87.5 cm³/mol. The summed E-state index contributed by atoms with van der Waals surface area (Å²) in [5.41, 5.74) is 2.04. The fraction of sp³-hybridized carbons (Fsp3) is 0.667. The Morgan fingerprint density at radius 1 is 1.36 bits per heavy atom. The van der Waals surface area contributed by atoms with E-state index >= 15 is 0 Å². The van der Waals surface area contributed by atoms with Gasteiger partial charge in [-0.2, -0.15) is 0 Å². The molecule has 22 heavy (non-hydrogen) atoms. The minimum atomic E-state index is 0.110. The quantitative estimate of drug-likeness (QED) is 0.842. The minimum absolute atomic E-state index is 0.110. The molecule has 0 aromatic carbocycles. The number of likely N-dealkylation sites (tertiary alicyclic amines) is 1. The molecule has 1 atom stereocenters. The Labute approximate surface area is 133 Å². The van der Waals surface area contributed by atoms with E-state index < -0.39 is 0 Å². The molecule has 1 saturated heterocycles. The number of hydrogen-bond donors (Lipinski definition) is 1. The van der Waals surface area contributed by atoms with Crippen LogP contribution in [0.1, 0.15) is 56.0 Å². The molecule has 2 fully saturated rings. The van der Waals surface area contributed by atoms with Crippen LogP contribution in [0.15, 0.2) is 18.2 Å². The van der Waals surface area contributed by atoms with Gasteiger partial charge in [-0.15, -0.1) is 0 Å². The summed E-state index contributed by atoms with van der Waals surface area (Å²) >= 11 is 0. The molecule has 1 amide bonds. The smallest absolute Gasteiger partial charge is 0.220 e. The summed E-state index contributed by atoms with van der Waals surface area (Å²) in [6.45, 7) is 5.48. The number of pyridine rings is 1. The summed E-state index contributed by atoms with van der Waals surface area (Å²) in [6.07, 6.45) is 6.63. The van der Waals surface area contributed by atoms with E-state index in [1.807, 2.05) is 25.1 Å². The lowest BCUT2D eigenvalue weighted by Gasteiger charge is -2.19. The van der Waals surface area contributed by atoms with E-state index in [4.69, 9.17) is 0 Å². The van der Waals surface area contributed by atoms with E-state index in [0.29, 0.717) is 12.3 Å². The van der Waals surface area contributed by atoms with Crippen molar-refractivity contribution in [3.63, 3.8) is 0 Å². The number of hydrogen-bond acceptors (Lipinski definition) is 3. The third-order valence-electron chi connectivity index (χ3n) is 4.72. The number of rotatable bonds is 7. The molecular formula is C18H27N3O. The van der Waals surface area contributed by atoms with Crippen LogP contribution in [0.2, 0.25) is 0 Å². The zero-order chi connectivity index (χ0) is 15.4. The number of carbonyl (C=O) groups is 1. The van der Waals surface area contributed by atoms with Crippen LogP contribution in [0.5, 0.6) is 0 Å². The van der Waals surface area contributed by atoms with E-state index in [0.717, 1.165) is 24.4 Å². The number of nitrogens with zero attached hydrogens (tertiary/aromatic N) is 2. The first-order chi connectivity index (χ1) is 10.7. The molecular weight excluding hydrogens is 274 g/mol. The van der Waals surface area contributed by atoms with Gasteiger partial charge in [-0.3, -0.25) is 9.78 Å². The van der Waals surface area contributed by atoms with Gasteiger partial charge in [0, 0.05) is 12.1 Å². The van der Waals surface area contributed by atoms with Gasteiger partial charge in [0.15, 0.2) is 0 Å². The zero-order valence-corrected chi connectivity index (χ0v) is 13.6. The molecule has 0 spiro atoms. The monoisotopic (exact) mass is 301 g/mol. The van der Waals surface area contributed by atoms with Gasteiger partial charge in [0.2, 0.25) is 5.91 Å². The maximum atomic E-state index is 12.3. The van der Waals surface area contributed by atoms with Crippen molar-refractivity contribution in [2.24, 2.45) is 5.92 Å². The van der Waals surface area contributed by atoms with Gasteiger partial charge in [-0.1, -0.05) is 6.07 Å². The molecule has 1 aliphatic heterocycles.